The second-order valence-corrected chi connectivity index (χ2v) is 6.00. The van der Waals surface area contributed by atoms with Crippen LogP contribution >= 0.6 is 15.9 Å². The summed E-state index contributed by atoms with van der Waals surface area (Å²) in [5.41, 5.74) is 11.6. The lowest BCUT2D eigenvalue weighted by Crippen LogP contribution is -2.13. The number of hydrogen-bond acceptors (Lipinski definition) is 2. The standard InChI is InChI=1S/C16H15BrN2O/c1-9-2-4-13(17)12(6-9)16(18)10-3-5-14-11(7-10)8-15(20)19-14/h2-7,16H,8,18H2,1H3,(H,19,20). The minimum Gasteiger partial charge on any atom is -0.326 e. The summed E-state index contributed by atoms with van der Waals surface area (Å²) in [5, 5.41) is 2.83. The minimum absolute atomic E-state index is 0.0439. The molecule has 1 heterocycles. The van der Waals surface area contributed by atoms with Gasteiger partial charge in [0.15, 0.2) is 0 Å². The lowest BCUT2D eigenvalue weighted by molar-refractivity contribution is -0.115. The van der Waals surface area contributed by atoms with Gasteiger partial charge in [-0.25, -0.2) is 0 Å². The van der Waals surface area contributed by atoms with E-state index in [1.165, 1.54) is 5.56 Å². The average Bonchev–Trinajstić information content (AvgIpc) is 2.79. The third kappa shape index (κ3) is 2.37. The molecule has 0 aromatic heterocycles. The molecule has 0 saturated carbocycles. The van der Waals surface area contributed by atoms with Gasteiger partial charge in [-0.1, -0.05) is 45.8 Å². The van der Waals surface area contributed by atoms with Crippen molar-refractivity contribution >= 4 is 27.5 Å². The number of hydrogen-bond donors (Lipinski definition) is 2. The van der Waals surface area contributed by atoms with E-state index in [4.69, 9.17) is 5.73 Å². The molecule has 1 atom stereocenters. The smallest absolute Gasteiger partial charge is 0.228 e. The van der Waals surface area contributed by atoms with Crippen molar-refractivity contribution in [3.05, 3.63) is 63.1 Å². The van der Waals surface area contributed by atoms with E-state index in [0.717, 1.165) is 26.9 Å². The van der Waals surface area contributed by atoms with Gasteiger partial charge >= 0.3 is 0 Å². The molecule has 0 radical (unpaired) electrons. The summed E-state index contributed by atoms with van der Waals surface area (Å²) in [6.07, 6.45) is 0.435. The molecule has 20 heavy (non-hydrogen) atoms. The molecule has 0 fully saturated rings. The van der Waals surface area contributed by atoms with Crippen LogP contribution in [-0.4, -0.2) is 5.91 Å². The largest absolute Gasteiger partial charge is 0.326 e. The summed E-state index contributed by atoms with van der Waals surface area (Å²) >= 11 is 3.55. The van der Waals surface area contributed by atoms with Crippen LogP contribution in [0.3, 0.4) is 0 Å². The third-order valence-electron chi connectivity index (χ3n) is 3.60. The molecule has 1 unspecified atom stereocenters. The van der Waals surface area contributed by atoms with E-state index in [2.05, 4.69) is 27.3 Å². The zero-order chi connectivity index (χ0) is 14.3. The van der Waals surface area contributed by atoms with E-state index in [9.17, 15) is 4.79 Å². The molecule has 0 bridgehead atoms. The van der Waals surface area contributed by atoms with Crippen LogP contribution in [-0.2, 0) is 11.2 Å². The van der Waals surface area contributed by atoms with Crippen LogP contribution in [0.2, 0.25) is 0 Å². The summed E-state index contributed by atoms with van der Waals surface area (Å²) in [6.45, 7) is 2.05. The molecule has 4 heteroatoms. The van der Waals surface area contributed by atoms with Crippen molar-refractivity contribution in [3.63, 3.8) is 0 Å². The van der Waals surface area contributed by atoms with Crippen molar-refractivity contribution < 1.29 is 4.79 Å². The Morgan fingerprint density at radius 1 is 1.25 bits per heavy atom. The van der Waals surface area contributed by atoms with Crippen molar-refractivity contribution in [2.24, 2.45) is 5.73 Å². The first kappa shape index (κ1) is 13.3. The van der Waals surface area contributed by atoms with Gasteiger partial charge in [0.05, 0.1) is 12.5 Å². The molecular weight excluding hydrogens is 316 g/mol. The van der Waals surface area contributed by atoms with Gasteiger partial charge < -0.3 is 11.1 Å². The molecule has 3 nitrogen and oxygen atoms in total. The fraction of sp³-hybridized carbons (Fsp3) is 0.188. The van der Waals surface area contributed by atoms with Crippen molar-refractivity contribution in [3.8, 4) is 0 Å². The van der Waals surface area contributed by atoms with Crippen molar-refractivity contribution in [1.82, 2.24) is 0 Å². The van der Waals surface area contributed by atoms with Crippen LogP contribution in [0.5, 0.6) is 0 Å². The lowest BCUT2D eigenvalue weighted by Gasteiger charge is -2.16. The molecule has 1 aliphatic rings. The Morgan fingerprint density at radius 2 is 2.05 bits per heavy atom. The molecule has 2 aromatic carbocycles. The maximum absolute atomic E-state index is 11.4. The average molecular weight is 331 g/mol. The number of nitrogens with one attached hydrogen (secondary N) is 1. The highest BCUT2D eigenvalue weighted by atomic mass is 79.9. The number of nitrogens with two attached hydrogens (primary N) is 1. The Morgan fingerprint density at radius 3 is 2.85 bits per heavy atom. The molecule has 102 valence electrons. The molecule has 1 aliphatic heterocycles. The van der Waals surface area contributed by atoms with Gasteiger partial charge in [-0.15, -0.1) is 0 Å². The van der Waals surface area contributed by atoms with E-state index in [1.807, 2.05) is 37.3 Å². The number of anilines is 1. The second kappa shape index (κ2) is 5.04. The maximum atomic E-state index is 11.4. The summed E-state index contributed by atoms with van der Waals surface area (Å²) in [6, 6.07) is 11.9. The topological polar surface area (TPSA) is 55.1 Å². The first-order valence-electron chi connectivity index (χ1n) is 6.49. The Kier molecular flexibility index (Phi) is 3.36. The van der Waals surface area contributed by atoms with Crippen LogP contribution in [0.1, 0.15) is 28.3 Å². The van der Waals surface area contributed by atoms with E-state index in [0.29, 0.717) is 6.42 Å². The highest BCUT2D eigenvalue weighted by Gasteiger charge is 2.20. The number of rotatable bonds is 2. The highest BCUT2D eigenvalue weighted by molar-refractivity contribution is 9.10. The van der Waals surface area contributed by atoms with E-state index in [-0.39, 0.29) is 11.9 Å². The summed E-state index contributed by atoms with van der Waals surface area (Å²) < 4.78 is 1.00. The molecule has 3 rings (SSSR count). The maximum Gasteiger partial charge on any atom is 0.228 e. The molecule has 2 aromatic rings. The fourth-order valence-electron chi connectivity index (χ4n) is 2.52. The predicted molar refractivity (Wildman–Crippen MR) is 83.7 cm³/mol. The zero-order valence-corrected chi connectivity index (χ0v) is 12.7. The zero-order valence-electron chi connectivity index (χ0n) is 11.1. The Hall–Kier alpha value is -1.65. The van der Waals surface area contributed by atoms with Gasteiger partial charge in [0.25, 0.3) is 0 Å². The summed E-state index contributed by atoms with van der Waals surface area (Å²) in [4.78, 5) is 11.4. The normalized spacial score (nSPS) is 14.8. The monoisotopic (exact) mass is 330 g/mol. The molecule has 0 saturated heterocycles. The molecule has 3 N–H and O–H groups in total. The Balaban J connectivity index is 1.99. The first-order valence-corrected chi connectivity index (χ1v) is 7.28. The van der Waals surface area contributed by atoms with E-state index in [1.54, 1.807) is 0 Å². The van der Waals surface area contributed by atoms with Crippen LogP contribution < -0.4 is 11.1 Å². The van der Waals surface area contributed by atoms with Crippen LogP contribution in [0.15, 0.2) is 40.9 Å². The molecule has 1 amide bonds. The van der Waals surface area contributed by atoms with Gasteiger partial charge in [-0.2, -0.15) is 0 Å². The fourth-order valence-corrected chi connectivity index (χ4v) is 3.02. The number of benzene rings is 2. The van der Waals surface area contributed by atoms with Crippen LogP contribution in [0, 0.1) is 6.92 Å². The van der Waals surface area contributed by atoms with Crippen LogP contribution in [0.4, 0.5) is 5.69 Å². The van der Waals surface area contributed by atoms with Gasteiger partial charge in [0, 0.05) is 10.2 Å². The predicted octanol–water partition coefficient (Wildman–Crippen LogP) is 3.30. The molecular formula is C16H15BrN2O. The minimum atomic E-state index is -0.203. The number of amides is 1. The quantitative estimate of drug-likeness (QED) is 0.887. The first-order chi connectivity index (χ1) is 9.54. The summed E-state index contributed by atoms with van der Waals surface area (Å²) in [5.74, 6) is 0.0439. The van der Waals surface area contributed by atoms with E-state index < -0.39 is 0 Å². The number of carbonyl (C=O) groups excluding carboxylic acids is 1. The second-order valence-electron chi connectivity index (χ2n) is 5.14. The highest BCUT2D eigenvalue weighted by Crippen LogP contribution is 2.31. The number of aryl methyl sites for hydroxylation is 1. The van der Waals surface area contributed by atoms with E-state index >= 15 is 0 Å². The summed E-state index contributed by atoms with van der Waals surface area (Å²) in [7, 11) is 0. The molecule has 0 spiro atoms. The Bertz CT molecular complexity index is 697. The van der Waals surface area contributed by atoms with Crippen molar-refractivity contribution in [2.45, 2.75) is 19.4 Å². The van der Waals surface area contributed by atoms with Gasteiger partial charge in [-0.3, -0.25) is 4.79 Å². The number of halogens is 1. The SMILES string of the molecule is Cc1ccc(Br)c(C(N)c2ccc3c(c2)CC(=O)N3)c1. The number of fused-ring (bicyclic) bond motifs is 1. The lowest BCUT2D eigenvalue weighted by atomic mass is 9.96. The molecule has 0 aliphatic carbocycles. The van der Waals surface area contributed by atoms with Crippen molar-refractivity contribution in [2.75, 3.05) is 5.32 Å². The van der Waals surface area contributed by atoms with Gasteiger partial charge in [0.1, 0.15) is 0 Å². The van der Waals surface area contributed by atoms with Gasteiger partial charge in [-0.05, 0) is 35.7 Å². The Labute approximate surface area is 126 Å². The number of carbonyl (C=O) groups is 1. The van der Waals surface area contributed by atoms with Gasteiger partial charge in [0.2, 0.25) is 5.91 Å². The van der Waals surface area contributed by atoms with Crippen molar-refractivity contribution in [1.29, 1.82) is 0 Å². The van der Waals surface area contributed by atoms with Crippen LogP contribution in [0.25, 0.3) is 0 Å². The third-order valence-corrected chi connectivity index (χ3v) is 4.32.